The first kappa shape index (κ1) is 21.2. The van der Waals surface area contributed by atoms with E-state index in [0.717, 1.165) is 61.6 Å². The Morgan fingerprint density at radius 2 is 1.68 bits per heavy atom. The number of ether oxygens (including phenoxy) is 1. The maximum absolute atomic E-state index is 12.5. The van der Waals surface area contributed by atoms with Crippen molar-refractivity contribution in [1.82, 2.24) is 23.6 Å². The normalized spacial score (nSPS) is 15.0. The van der Waals surface area contributed by atoms with Crippen molar-refractivity contribution in [2.24, 2.45) is 14.1 Å². The van der Waals surface area contributed by atoms with E-state index in [9.17, 15) is 9.59 Å². The molecule has 0 bridgehead atoms. The Kier molecular flexibility index (Phi) is 6.13. The number of nitrogens with zero attached hydrogens (tertiary/aromatic N) is 6. The van der Waals surface area contributed by atoms with E-state index < -0.39 is 0 Å². The first-order valence-corrected chi connectivity index (χ1v) is 10.7. The summed E-state index contributed by atoms with van der Waals surface area (Å²) in [4.78, 5) is 33.7. The van der Waals surface area contributed by atoms with Crippen LogP contribution in [0.2, 0.25) is 0 Å². The summed E-state index contributed by atoms with van der Waals surface area (Å²) in [5.41, 5.74) is 1.46. The minimum atomic E-state index is -0.352. The molecular formula is C22H30N6O3. The Bertz CT molecular complexity index is 1170. The van der Waals surface area contributed by atoms with Gasteiger partial charge in [0.2, 0.25) is 0 Å². The van der Waals surface area contributed by atoms with Crippen LogP contribution in [-0.2, 0) is 20.6 Å². The van der Waals surface area contributed by atoms with Crippen molar-refractivity contribution in [3.05, 3.63) is 51.4 Å². The number of para-hydroxylation sites is 2. The lowest BCUT2D eigenvalue weighted by atomic mass is 10.2. The predicted octanol–water partition coefficient (Wildman–Crippen LogP) is 1.04. The largest absolute Gasteiger partial charge is 0.495 e. The first-order chi connectivity index (χ1) is 15.0. The summed E-state index contributed by atoms with van der Waals surface area (Å²) in [6.45, 7) is 5.75. The number of hydrogen-bond donors (Lipinski definition) is 0. The molecule has 0 amide bonds. The van der Waals surface area contributed by atoms with E-state index in [-0.39, 0.29) is 11.2 Å². The molecule has 3 heterocycles. The first-order valence-electron chi connectivity index (χ1n) is 10.7. The molecule has 166 valence electrons. The van der Waals surface area contributed by atoms with E-state index in [4.69, 9.17) is 4.74 Å². The number of benzene rings is 1. The van der Waals surface area contributed by atoms with Crippen LogP contribution in [0.15, 0.2) is 40.2 Å². The highest BCUT2D eigenvalue weighted by molar-refractivity contribution is 5.69. The Morgan fingerprint density at radius 1 is 0.968 bits per heavy atom. The summed E-state index contributed by atoms with van der Waals surface area (Å²) in [6.07, 6.45) is 3.65. The lowest BCUT2D eigenvalue weighted by Gasteiger charge is -2.36. The van der Waals surface area contributed by atoms with Crippen LogP contribution in [0.1, 0.15) is 12.8 Å². The van der Waals surface area contributed by atoms with Crippen molar-refractivity contribution >= 4 is 16.9 Å². The molecule has 9 nitrogen and oxygen atoms in total. The number of anilines is 1. The predicted molar refractivity (Wildman–Crippen MR) is 121 cm³/mol. The smallest absolute Gasteiger partial charge is 0.332 e. The van der Waals surface area contributed by atoms with E-state index >= 15 is 0 Å². The van der Waals surface area contributed by atoms with E-state index in [1.54, 1.807) is 20.5 Å². The zero-order valence-corrected chi connectivity index (χ0v) is 18.5. The van der Waals surface area contributed by atoms with Crippen LogP contribution in [0, 0.1) is 0 Å². The molecule has 31 heavy (non-hydrogen) atoms. The Labute approximate surface area is 181 Å². The van der Waals surface area contributed by atoms with Crippen LogP contribution < -0.4 is 20.9 Å². The van der Waals surface area contributed by atoms with Crippen LogP contribution in [0.3, 0.4) is 0 Å². The highest BCUT2D eigenvalue weighted by atomic mass is 16.5. The monoisotopic (exact) mass is 426 g/mol. The van der Waals surface area contributed by atoms with Gasteiger partial charge in [-0.2, -0.15) is 0 Å². The van der Waals surface area contributed by atoms with Crippen LogP contribution >= 0.6 is 0 Å². The number of piperazine rings is 1. The number of fused-ring (bicyclic) bond motifs is 1. The van der Waals surface area contributed by atoms with Gasteiger partial charge in [0.25, 0.3) is 5.56 Å². The number of imidazole rings is 1. The maximum Gasteiger partial charge on any atom is 0.332 e. The molecule has 0 saturated carbocycles. The van der Waals surface area contributed by atoms with Gasteiger partial charge in [-0.3, -0.25) is 18.8 Å². The summed E-state index contributed by atoms with van der Waals surface area (Å²) >= 11 is 0. The minimum Gasteiger partial charge on any atom is -0.495 e. The fourth-order valence-corrected chi connectivity index (χ4v) is 4.29. The number of unbranched alkanes of at least 4 members (excludes halogenated alkanes) is 1. The number of aryl methyl sites for hydroxylation is 2. The molecule has 0 spiro atoms. The average molecular weight is 427 g/mol. The molecule has 0 aliphatic carbocycles. The SMILES string of the molecule is COc1ccccc1N1CCN(CCCCn2cnc3c2c(=O)n(C)c(=O)n3C)CC1. The molecule has 0 N–H and O–H groups in total. The second-order valence-corrected chi connectivity index (χ2v) is 8.02. The van der Waals surface area contributed by atoms with Crippen LogP contribution in [-0.4, -0.2) is 63.4 Å². The second-order valence-electron chi connectivity index (χ2n) is 8.02. The molecule has 1 aromatic carbocycles. The Morgan fingerprint density at radius 3 is 2.42 bits per heavy atom. The van der Waals surface area contributed by atoms with E-state index in [2.05, 4.69) is 26.9 Å². The van der Waals surface area contributed by atoms with Crippen LogP contribution in [0.4, 0.5) is 5.69 Å². The second kappa shape index (κ2) is 8.97. The molecule has 1 aliphatic heterocycles. The van der Waals surface area contributed by atoms with Crippen LogP contribution in [0.25, 0.3) is 11.2 Å². The summed E-state index contributed by atoms with van der Waals surface area (Å²) in [5, 5.41) is 0. The topological polar surface area (TPSA) is 77.5 Å². The molecule has 9 heteroatoms. The lowest BCUT2D eigenvalue weighted by molar-refractivity contribution is 0.250. The number of hydrogen-bond acceptors (Lipinski definition) is 6. The number of rotatable bonds is 7. The van der Waals surface area contributed by atoms with E-state index in [0.29, 0.717) is 17.7 Å². The van der Waals surface area contributed by atoms with Gasteiger partial charge in [0.15, 0.2) is 11.2 Å². The Hall–Kier alpha value is -3.07. The molecule has 3 aromatic rings. The van der Waals surface area contributed by atoms with Gasteiger partial charge in [-0.1, -0.05) is 12.1 Å². The molecule has 0 radical (unpaired) electrons. The molecule has 1 saturated heterocycles. The molecule has 1 aliphatic rings. The number of aromatic nitrogens is 4. The summed E-state index contributed by atoms with van der Waals surface area (Å²) in [5.74, 6) is 0.923. The van der Waals surface area contributed by atoms with Gasteiger partial charge in [-0.05, 0) is 31.5 Å². The van der Waals surface area contributed by atoms with Crippen molar-refractivity contribution in [3.63, 3.8) is 0 Å². The summed E-state index contributed by atoms with van der Waals surface area (Å²) in [7, 11) is 4.87. The number of methoxy groups -OCH3 is 1. The fraction of sp³-hybridized carbons (Fsp3) is 0.500. The standard InChI is InChI=1S/C22H30N6O3/c1-24-20-19(21(29)25(2)22(24)30)28(16-23-20)11-7-6-10-26-12-14-27(15-13-26)17-8-4-5-9-18(17)31-3/h4-5,8-9,16H,6-7,10-15H2,1-3H3. The van der Waals surface area contributed by atoms with Crippen molar-refractivity contribution in [2.75, 3.05) is 44.7 Å². The van der Waals surface area contributed by atoms with Gasteiger partial charge in [0.1, 0.15) is 5.75 Å². The van der Waals surface area contributed by atoms with Crippen LogP contribution in [0.5, 0.6) is 5.75 Å². The fourth-order valence-electron chi connectivity index (χ4n) is 4.29. The van der Waals surface area contributed by atoms with Gasteiger partial charge in [-0.15, -0.1) is 0 Å². The highest BCUT2D eigenvalue weighted by Crippen LogP contribution is 2.28. The van der Waals surface area contributed by atoms with Crippen molar-refractivity contribution < 1.29 is 4.74 Å². The molecule has 0 unspecified atom stereocenters. The Balaban J connectivity index is 1.30. The highest BCUT2D eigenvalue weighted by Gasteiger charge is 2.19. The van der Waals surface area contributed by atoms with Crippen molar-refractivity contribution in [1.29, 1.82) is 0 Å². The van der Waals surface area contributed by atoms with Gasteiger partial charge < -0.3 is 14.2 Å². The zero-order chi connectivity index (χ0) is 22.0. The molecule has 0 atom stereocenters. The van der Waals surface area contributed by atoms with Gasteiger partial charge in [0, 0.05) is 46.8 Å². The molecule has 4 rings (SSSR count). The molecule has 2 aromatic heterocycles. The van der Waals surface area contributed by atoms with Gasteiger partial charge in [0.05, 0.1) is 19.1 Å². The minimum absolute atomic E-state index is 0.289. The molecular weight excluding hydrogens is 396 g/mol. The third-order valence-electron chi connectivity index (χ3n) is 6.14. The quantitative estimate of drug-likeness (QED) is 0.526. The van der Waals surface area contributed by atoms with E-state index in [1.807, 2.05) is 16.7 Å². The zero-order valence-electron chi connectivity index (χ0n) is 18.5. The lowest BCUT2D eigenvalue weighted by Crippen LogP contribution is -2.46. The van der Waals surface area contributed by atoms with Crippen molar-refractivity contribution in [3.8, 4) is 5.75 Å². The summed E-state index contributed by atoms with van der Waals surface area (Å²) in [6, 6.07) is 8.17. The summed E-state index contributed by atoms with van der Waals surface area (Å²) < 4.78 is 9.93. The van der Waals surface area contributed by atoms with Gasteiger partial charge in [-0.25, -0.2) is 9.78 Å². The molecule has 1 fully saturated rings. The maximum atomic E-state index is 12.5. The van der Waals surface area contributed by atoms with Gasteiger partial charge >= 0.3 is 5.69 Å². The average Bonchev–Trinajstić information content (AvgIpc) is 3.23. The van der Waals surface area contributed by atoms with E-state index in [1.165, 1.54) is 11.6 Å². The third kappa shape index (κ3) is 4.10. The van der Waals surface area contributed by atoms with Crippen molar-refractivity contribution in [2.45, 2.75) is 19.4 Å². The third-order valence-corrected chi connectivity index (χ3v) is 6.14.